The molecule has 2 rings (SSSR count). The summed E-state index contributed by atoms with van der Waals surface area (Å²) in [7, 11) is -1.16. The maximum atomic E-state index is 12.6. The van der Waals surface area contributed by atoms with Gasteiger partial charge in [-0.25, -0.2) is 0 Å². The fourth-order valence-corrected chi connectivity index (χ4v) is 3.57. The van der Waals surface area contributed by atoms with E-state index in [0.717, 1.165) is 24.2 Å². The summed E-state index contributed by atoms with van der Waals surface area (Å²) in [6.07, 6.45) is 4.97. The van der Waals surface area contributed by atoms with Crippen molar-refractivity contribution in [3.63, 3.8) is 0 Å². The molecule has 1 saturated heterocycles. The molecule has 0 spiro atoms. The van der Waals surface area contributed by atoms with Gasteiger partial charge in [0.05, 0.1) is 10.8 Å². The van der Waals surface area contributed by atoms with E-state index in [1.165, 1.54) is 5.56 Å². The van der Waals surface area contributed by atoms with Gasteiger partial charge in [0.2, 0.25) is 0 Å². The molecule has 1 aliphatic heterocycles. The second-order valence-corrected chi connectivity index (χ2v) is 6.40. The normalized spacial score (nSPS) is 27.8. The van der Waals surface area contributed by atoms with E-state index >= 15 is 0 Å². The number of hydrogen-bond acceptors (Lipinski definition) is 2. The van der Waals surface area contributed by atoms with E-state index in [2.05, 4.69) is 13.5 Å². The first kappa shape index (κ1) is 13.5. The minimum atomic E-state index is -1.16. The van der Waals surface area contributed by atoms with Crippen molar-refractivity contribution in [3.05, 3.63) is 42.5 Å². The van der Waals surface area contributed by atoms with E-state index in [1.807, 2.05) is 31.2 Å². The van der Waals surface area contributed by atoms with Crippen molar-refractivity contribution in [1.29, 1.82) is 0 Å². The highest BCUT2D eigenvalue weighted by atomic mass is 32.2. The van der Waals surface area contributed by atoms with Crippen LogP contribution in [0.1, 0.15) is 31.7 Å². The van der Waals surface area contributed by atoms with Gasteiger partial charge < -0.3 is 4.74 Å². The van der Waals surface area contributed by atoms with E-state index in [0.29, 0.717) is 0 Å². The zero-order valence-electron chi connectivity index (χ0n) is 11.0. The van der Waals surface area contributed by atoms with Crippen LogP contribution in [0.5, 0.6) is 0 Å². The lowest BCUT2D eigenvalue weighted by Crippen LogP contribution is -2.19. The Bertz CT molecular complexity index is 452. The number of rotatable bonds is 6. The van der Waals surface area contributed by atoms with E-state index in [1.54, 1.807) is 6.08 Å². The van der Waals surface area contributed by atoms with Gasteiger partial charge in [0.15, 0.2) is 4.93 Å². The largest absolute Gasteiger partial charge is 0.347 e. The van der Waals surface area contributed by atoms with Gasteiger partial charge in [0.25, 0.3) is 0 Å². The molecule has 0 aromatic heterocycles. The van der Waals surface area contributed by atoms with Gasteiger partial charge in [-0.05, 0) is 31.6 Å². The molecule has 3 heteroatoms. The van der Waals surface area contributed by atoms with Gasteiger partial charge in [-0.1, -0.05) is 44.0 Å². The minimum Gasteiger partial charge on any atom is -0.347 e. The molecule has 0 unspecified atom stereocenters. The average Bonchev–Trinajstić information content (AvgIpc) is 3.11. The third kappa shape index (κ3) is 2.43. The Kier molecular flexibility index (Phi) is 4.03. The number of ether oxygens (including phenoxy) is 1. The third-order valence-electron chi connectivity index (χ3n) is 3.35. The van der Waals surface area contributed by atoms with Crippen molar-refractivity contribution in [2.75, 3.05) is 0 Å². The molecule has 0 bridgehead atoms. The summed E-state index contributed by atoms with van der Waals surface area (Å²) in [6.45, 7) is 7.97. The lowest BCUT2D eigenvalue weighted by atomic mass is 10.1. The first-order chi connectivity index (χ1) is 8.64. The second kappa shape index (κ2) is 5.37. The summed E-state index contributed by atoms with van der Waals surface area (Å²) in [5.41, 5.74) is 1.17. The lowest BCUT2D eigenvalue weighted by Gasteiger charge is -2.08. The fraction of sp³-hybridized carbons (Fsp3) is 0.467. The molecule has 0 aliphatic carbocycles. The summed E-state index contributed by atoms with van der Waals surface area (Å²) in [6, 6.07) is 7.78. The maximum Gasteiger partial charge on any atom is 0.191 e. The molecular weight excluding hydrogens is 244 g/mol. The van der Waals surface area contributed by atoms with Crippen molar-refractivity contribution in [2.24, 2.45) is 0 Å². The molecule has 0 N–H and O–H groups in total. The van der Waals surface area contributed by atoms with Gasteiger partial charge in [-0.2, -0.15) is 0 Å². The molecule has 2 nitrogen and oxygen atoms in total. The summed E-state index contributed by atoms with van der Waals surface area (Å²) in [4.78, 5) is 0.171. The van der Waals surface area contributed by atoms with E-state index in [-0.39, 0.29) is 6.10 Å². The van der Waals surface area contributed by atoms with Crippen LogP contribution >= 0.6 is 0 Å². The van der Waals surface area contributed by atoms with Crippen LogP contribution in [-0.4, -0.2) is 15.2 Å². The molecule has 1 aliphatic rings. The SMILES string of the molecule is C=C[C@]1([S@@](=O)c2ccc(C)cc2)O[C@@H]1CCCC. The van der Waals surface area contributed by atoms with Crippen LogP contribution in [0, 0.1) is 6.92 Å². The van der Waals surface area contributed by atoms with Crippen molar-refractivity contribution in [1.82, 2.24) is 0 Å². The van der Waals surface area contributed by atoms with E-state index < -0.39 is 15.7 Å². The topological polar surface area (TPSA) is 29.6 Å². The number of benzene rings is 1. The van der Waals surface area contributed by atoms with Crippen molar-refractivity contribution in [2.45, 2.75) is 49.0 Å². The molecule has 1 fully saturated rings. The molecule has 0 radical (unpaired) electrons. The Morgan fingerprint density at radius 1 is 1.44 bits per heavy atom. The van der Waals surface area contributed by atoms with Gasteiger partial charge in [0, 0.05) is 4.90 Å². The molecule has 1 aromatic carbocycles. The van der Waals surface area contributed by atoms with Crippen LogP contribution in [0.25, 0.3) is 0 Å². The fourth-order valence-electron chi connectivity index (χ4n) is 2.10. The number of aryl methyl sites for hydroxylation is 1. The van der Waals surface area contributed by atoms with Gasteiger partial charge in [-0.3, -0.25) is 4.21 Å². The third-order valence-corrected chi connectivity index (χ3v) is 5.15. The second-order valence-electron chi connectivity index (χ2n) is 4.76. The highest BCUT2D eigenvalue weighted by Gasteiger charge is 2.58. The molecule has 0 amide bonds. The Balaban J connectivity index is 2.12. The Morgan fingerprint density at radius 3 is 2.67 bits per heavy atom. The van der Waals surface area contributed by atoms with Crippen molar-refractivity contribution >= 4 is 10.8 Å². The number of unbranched alkanes of at least 4 members (excludes halogenated alkanes) is 1. The highest BCUT2D eigenvalue weighted by Crippen LogP contribution is 2.46. The van der Waals surface area contributed by atoms with E-state index in [4.69, 9.17) is 4.74 Å². The zero-order valence-corrected chi connectivity index (χ0v) is 11.8. The maximum absolute atomic E-state index is 12.6. The van der Waals surface area contributed by atoms with Crippen molar-refractivity contribution < 1.29 is 8.95 Å². The van der Waals surface area contributed by atoms with Crippen LogP contribution in [-0.2, 0) is 15.5 Å². The Morgan fingerprint density at radius 2 is 2.11 bits per heavy atom. The number of epoxide rings is 1. The van der Waals surface area contributed by atoms with Crippen LogP contribution < -0.4 is 0 Å². The molecule has 1 aromatic rings. The minimum absolute atomic E-state index is 0.0667. The molecular formula is C15H20O2S. The van der Waals surface area contributed by atoms with Gasteiger partial charge in [0.1, 0.15) is 6.10 Å². The number of hydrogen-bond donors (Lipinski definition) is 0. The predicted molar refractivity (Wildman–Crippen MR) is 74.9 cm³/mol. The predicted octanol–water partition coefficient (Wildman–Crippen LogP) is 3.57. The molecule has 1 heterocycles. The first-order valence-corrected chi connectivity index (χ1v) is 7.59. The Labute approximate surface area is 112 Å². The summed E-state index contributed by atoms with van der Waals surface area (Å²) in [5.74, 6) is 0. The monoisotopic (exact) mass is 264 g/mol. The standard InChI is InChI=1S/C15H20O2S/c1-4-6-7-14-15(5-2,17-14)18(16)13-10-8-12(3)9-11-13/h5,8-11,14H,2,4,6-7H2,1,3H3/t14-,15-,18+/m1/s1. The molecule has 98 valence electrons. The summed E-state index contributed by atoms with van der Waals surface area (Å²) in [5, 5.41) is 0. The van der Waals surface area contributed by atoms with Crippen LogP contribution in [0.15, 0.2) is 41.8 Å². The zero-order chi connectivity index (χ0) is 13.2. The molecule has 18 heavy (non-hydrogen) atoms. The lowest BCUT2D eigenvalue weighted by molar-refractivity contribution is 0.362. The van der Waals surface area contributed by atoms with Crippen molar-refractivity contribution in [3.8, 4) is 0 Å². The summed E-state index contributed by atoms with van der Waals surface area (Å²) >= 11 is 0. The Hall–Kier alpha value is -0.930. The quantitative estimate of drug-likeness (QED) is 0.580. The van der Waals surface area contributed by atoms with Crippen LogP contribution in [0.2, 0.25) is 0 Å². The van der Waals surface area contributed by atoms with Gasteiger partial charge >= 0.3 is 0 Å². The summed E-state index contributed by atoms with van der Waals surface area (Å²) < 4.78 is 18.2. The van der Waals surface area contributed by atoms with Crippen LogP contribution in [0.4, 0.5) is 0 Å². The van der Waals surface area contributed by atoms with E-state index in [9.17, 15) is 4.21 Å². The highest BCUT2D eigenvalue weighted by molar-refractivity contribution is 7.86. The molecule has 3 atom stereocenters. The molecule has 0 saturated carbocycles. The van der Waals surface area contributed by atoms with Crippen LogP contribution in [0.3, 0.4) is 0 Å². The average molecular weight is 264 g/mol. The smallest absolute Gasteiger partial charge is 0.191 e. The van der Waals surface area contributed by atoms with Gasteiger partial charge in [-0.15, -0.1) is 0 Å². The first-order valence-electron chi connectivity index (χ1n) is 6.44.